The van der Waals surface area contributed by atoms with Crippen LogP contribution in [0.3, 0.4) is 0 Å². The molecule has 9 heteroatoms. The molecule has 0 unspecified atom stereocenters. The van der Waals surface area contributed by atoms with Gasteiger partial charge in [-0.2, -0.15) is 13.2 Å². The topological polar surface area (TPSA) is 41.0 Å². The summed E-state index contributed by atoms with van der Waals surface area (Å²) in [6.45, 7) is 2.77. The van der Waals surface area contributed by atoms with Gasteiger partial charge < -0.3 is 5.32 Å². The first-order chi connectivity index (χ1) is 12.8. The van der Waals surface area contributed by atoms with Crippen LogP contribution in [0.15, 0.2) is 30.3 Å². The van der Waals surface area contributed by atoms with Crippen molar-refractivity contribution >= 4 is 5.82 Å². The summed E-state index contributed by atoms with van der Waals surface area (Å²) in [7, 11) is 0. The number of anilines is 1. The van der Waals surface area contributed by atoms with E-state index in [1.807, 2.05) is 0 Å². The number of hydrogen-bond acceptors (Lipinski definition) is 4. The minimum absolute atomic E-state index is 0.312. The van der Waals surface area contributed by atoms with Gasteiger partial charge in [0, 0.05) is 13.1 Å². The van der Waals surface area contributed by atoms with Crippen molar-refractivity contribution in [1.82, 2.24) is 15.1 Å². The molecule has 0 atom stereocenters. The first kappa shape index (κ1) is 19.5. The highest BCUT2D eigenvalue weighted by atomic mass is 19.4. The standard InChI is InChI=1S/C18H19F5N4/c19-14-2-1-13(9-15(14)20)11-27-7-5-12(6-8-27)10-24-17-4-3-16(25-26-17)18(21,22)23/h1-4,9,12H,5-8,10-11H2,(H,24,26). The summed E-state index contributed by atoms with van der Waals surface area (Å²) in [5, 5.41) is 9.76. The maximum atomic E-state index is 13.3. The van der Waals surface area contributed by atoms with Crippen molar-refractivity contribution in [3.05, 3.63) is 53.2 Å². The molecule has 1 aliphatic heterocycles. The van der Waals surface area contributed by atoms with Crippen LogP contribution < -0.4 is 5.32 Å². The van der Waals surface area contributed by atoms with Gasteiger partial charge in [0.05, 0.1) is 0 Å². The maximum absolute atomic E-state index is 13.3. The number of piperidine rings is 1. The summed E-state index contributed by atoms with van der Waals surface area (Å²) in [6.07, 6.45) is -2.71. The highest BCUT2D eigenvalue weighted by molar-refractivity contribution is 5.33. The van der Waals surface area contributed by atoms with Crippen LogP contribution in [0.4, 0.5) is 27.8 Å². The highest BCUT2D eigenvalue weighted by Crippen LogP contribution is 2.27. The summed E-state index contributed by atoms with van der Waals surface area (Å²) in [5.74, 6) is -1.03. The van der Waals surface area contributed by atoms with Crippen molar-refractivity contribution in [3.8, 4) is 0 Å². The molecule has 3 rings (SSSR count). The number of aromatic nitrogens is 2. The molecule has 1 aromatic heterocycles. The normalized spacial score (nSPS) is 16.5. The van der Waals surface area contributed by atoms with Crippen molar-refractivity contribution in [2.75, 3.05) is 25.0 Å². The summed E-state index contributed by atoms with van der Waals surface area (Å²) in [6, 6.07) is 6.10. The van der Waals surface area contributed by atoms with Crippen molar-refractivity contribution in [1.29, 1.82) is 0 Å². The fraction of sp³-hybridized carbons (Fsp3) is 0.444. The second-order valence-corrected chi connectivity index (χ2v) is 6.65. The molecule has 1 fully saturated rings. The van der Waals surface area contributed by atoms with Crippen LogP contribution >= 0.6 is 0 Å². The maximum Gasteiger partial charge on any atom is 0.435 e. The molecule has 1 saturated heterocycles. The van der Waals surface area contributed by atoms with Gasteiger partial charge in [-0.1, -0.05) is 6.07 Å². The van der Waals surface area contributed by atoms with E-state index in [2.05, 4.69) is 20.4 Å². The lowest BCUT2D eigenvalue weighted by molar-refractivity contribution is -0.141. The number of nitrogens with one attached hydrogen (secondary N) is 1. The predicted molar refractivity (Wildman–Crippen MR) is 89.9 cm³/mol. The van der Waals surface area contributed by atoms with E-state index >= 15 is 0 Å². The Labute approximate surface area is 153 Å². The van der Waals surface area contributed by atoms with Crippen LogP contribution in [0.1, 0.15) is 24.1 Å². The van der Waals surface area contributed by atoms with E-state index in [1.54, 1.807) is 6.07 Å². The molecule has 0 spiro atoms. The van der Waals surface area contributed by atoms with Crippen LogP contribution in [-0.2, 0) is 12.7 Å². The zero-order chi connectivity index (χ0) is 19.4. The Morgan fingerprint density at radius 3 is 2.33 bits per heavy atom. The zero-order valence-corrected chi connectivity index (χ0v) is 14.4. The molecule has 0 saturated carbocycles. The lowest BCUT2D eigenvalue weighted by Gasteiger charge is -2.32. The SMILES string of the molecule is Fc1ccc(CN2CCC(CNc3ccc(C(F)(F)F)nn3)CC2)cc1F. The number of hydrogen-bond donors (Lipinski definition) is 1. The van der Waals surface area contributed by atoms with E-state index in [0.717, 1.165) is 43.6 Å². The first-order valence-corrected chi connectivity index (χ1v) is 8.62. The Balaban J connectivity index is 1.43. The third-order valence-corrected chi connectivity index (χ3v) is 4.62. The monoisotopic (exact) mass is 386 g/mol. The molecule has 146 valence electrons. The molecule has 2 heterocycles. The van der Waals surface area contributed by atoms with Crippen LogP contribution in [0.2, 0.25) is 0 Å². The van der Waals surface area contributed by atoms with Gasteiger partial charge in [0.2, 0.25) is 0 Å². The molecule has 0 bridgehead atoms. The minimum Gasteiger partial charge on any atom is -0.368 e. The second kappa shape index (κ2) is 8.16. The Bertz CT molecular complexity index is 755. The number of halogens is 5. The molecule has 1 N–H and O–H groups in total. The molecule has 0 radical (unpaired) electrons. The third kappa shape index (κ3) is 5.35. The van der Waals surface area contributed by atoms with Gasteiger partial charge in [0.1, 0.15) is 5.82 Å². The Kier molecular flexibility index (Phi) is 5.88. The van der Waals surface area contributed by atoms with E-state index < -0.39 is 23.5 Å². The number of benzene rings is 1. The van der Waals surface area contributed by atoms with Crippen molar-refractivity contribution in [2.45, 2.75) is 25.6 Å². The van der Waals surface area contributed by atoms with E-state index in [0.29, 0.717) is 24.8 Å². The average Bonchev–Trinajstić information content (AvgIpc) is 2.64. The highest BCUT2D eigenvalue weighted by Gasteiger charge is 2.32. The lowest BCUT2D eigenvalue weighted by Crippen LogP contribution is -2.35. The number of alkyl halides is 3. The Morgan fingerprint density at radius 1 is 1.00 bits per heavy atom. The molecule has 1 aliphatic rings. The van der Waals surface area contributed by atoms with Crippen LogP contribution in [0, 0.1) is 17.6 Å². The fourth-order valence-electron chi connectivity index (χ4n) is 3.07. The third-order valence-electron chi connectivity index (χ3n) is 4.62. The summed E-state index contributed by atoms with van der Waals surface area (Å²) in [5.41, 5.74) is -0.288. The summed E-state index contributed by atoms with van der Waals surface area (Å²) < 4.78 is 63.6. The van der Waals surface area contributed by atoms with Gasteiger partial charge in [-0.05, 0) is 61.7 Å². The van der Waals surface area contributed by atoms with Crippen LogP contribution in [0.5, 0.6) is 0 Å². The second-order valence-electron chi connectivity index (χ2n) is 6.65. The van der Waals surface area contributed by atoms with Crippen molar-refractivity contribution in [2.24, 2.45) is 5.92 Å². The molecular formula is C18H19F5N4. The largest absolute Gasteiger partial charge is 0.435 e. The quantitative estimate of drug-likeness (QED) is 0.786. The van der Waals surface area contributed by atoms with E-state index in [4.69, 9.17) is 0 Å². The molecule has 2 aromatic rings. The van der Waals surface area contributed by atoms with Gasteiger partial charge in [0.25, 0.3) is 0 Å². The predicted octanol–water partition coefficient (Wildman–Crippen LogP) is 4.10. The molecule has 1 aromatic carbocycles. The van der Waals surface area contributed by atoms with Crippen molar-refractivity contribution in [3.63, 3.8) is 0 Å². The lowest BCUT2D eigenvalue weighted by atomic mass is 9.96. The van der Waals surface area contributed by atoms with Gasteiger partial charge in [0.15, 0.2) is 17.3 Å². The van der Waals surface area contributed by atoms with Gasteiger partial charge in [-0.3, -0.25) is 4.90 Å². The minimum atomic E-state index is -4.49. The zero-order valence-electron chi connectivity index (χ0n) is 14.4. The van der Waals surface area contributed by atoms with Gasteiger partial charge in [-0.15, -0.1) is 10.2 Å². The molecule has 0 aliphatic carbocycles. The smallest absolute Gasteiger partial charge is 0.368 e. The molecule has 0 amide bonds. The van der Waals surface area contributed by atoms with Crippen molar-refractivity contribution < 1.29 is 22.0 Å². The Morgan fingerprint density at radius 2 is 1.74 bits per heavy atom. The number of likely N-dealkylation sites (tertiary alicyclic amines) is 1. The molecule has 27 heavy (non-hydrogen) atoms. The van der Waals surface area contributed by atoms with E-state index in [-0.39, 0.29) is 0 Å². The molecular weight excluding hydrogens is 367 g/mol. The summed E-state index contributed by atoms with van der Waals surface area (Å²) >= 11 is 0. The number of nitrogens with zero attached hydrogens (tertiary/aromatic N) is 3. The fourth-order valence-corrected chi connectivity index (χ4v) is 3.07. The average molecular weight is 386 g/mol. The number of rotatable bonds is 5. The van der Waals surface area contributed by atoms with Gasteiger partial charge in [-0.25, -0.2) is 8.78 Å². The van der Waals surface area contributed by atoms with E-state index in [1.165, 1.54) is 12.1 Å². The molecule has 4 nitrogen and oxygen atoms in total. The Hall–Kier alpha value is -2.29. The van der Waals surface area contributed by atoms with Crippen LogP contribution in [-0.4, -0.2) is 34.7 Å². The van der Waals surface area contributed by atoms with Crippen LogP contribution in [0.25, 0.3) is 0 Å². The first-order valence-electron chi connectivity index (χ1n) is 8.62. The van der Waals surface area contributed by atoms with E-state index in [9.17, 15) is 22.0 Å². The summed E-state index contributed by atoms with van der Waals surface area (Å²) in [4.78, 5) is 2.17. The van der Waals surface area contributed by atoms with Gasteiger partial charge >= 0.3 is 6.18 Å².